The number of nitrogens with two attached hydrogens (primary N) is 1. The van der Waals surface area contributed by atoms with Gasteiger partial charge in [0.05, 0.1) is 5.41 Å². The molecule has 1 saturated carbocycles. The molecule has 0 aromatic heterocycles. The number of anilines is 1. The number of hydrogen-bond donors (Lipinski definition) is 3. The third-order valence-electron chi connectivity index (χ3n) is 3.93. The van der Waals surface area contributed by atoms with Gasteiger partial charge in [-0.1, -0.05) is 6.42 Å². The molecule has 0 spiro atoms. The average Bonchev–Trinajstić information content (AvgIpc) is 2.39. The average molecular weight is 275 g/mol. The largest absolute Gasteiger partial charge is 0.352 e. The summed E-state index contributed by atoms with van der Waals surface area (Å²) in [5, 5.41) is 5.61. The van der Waals surface area contributed by atoms with E-state index in [-0.39, 0.29) is 11.8 Å². The molecule has 5 heteroatoms. The second kappa shape index (κ2) is 6.05. The van der Waals surface area contributed by atoms with Gasteiger partial charge in [-0.15, -0.1) is 0 Å². The van der Waals surface area contributed by atoms with Gasteiger partial charge in [0.1, 0.15) is 0 Å². The molecule has 1 aliphatic rings. The van der Waals surface area contributed by atoms with Crippen LogP contribution in [0.2, 0.25) is 0 Å². The van der Waals surface area contributed by atoms with Crippen molar-refractivity contribution in [3.8, 4) is 0 Å². The lowest BCUT2D eigenvalue weighted by molar-refractivity contribution is -0.129. The molecule has 108 valence electrons. The normalized spacial score (nSPS) is 16.1. The van der Waals surface area contributed by atoms with Crippen LogP contribution in [0.1, 0.15) is 36.5 Å². The van der Waals surface area contributed by atoms with Crippen LogP contribution < -0.4 is 16.4 Å². The summed E-state index contributed by atoms with van der Waals surface area (Å²) in [5.41, 5.74) is 6.60. The Bertz CT molecular complexity index is 487. The Morgan fingerprint density at radius 1 is 1.25 bits per heavy atom. The summed E-state index contributed by atoms with van der Waals surface area (Å²) in [7, 11) is 0. The second-order valence-electron chi connectivity index (χ2n) is 5.23. The van der Waals surface area contributed by atoms with E-state index in [0.29, 0.717) is 24.3 Å². The van der Waals surface area contributed by atoms with Gasteiger partial charge in [0, 0.05) is 24.3 Å². The van der Waals surface area contributed by atoms with E-state index in [4.69, 9.17) is 5.73 Å². The fourth-order valence-corrected chi connectivity index (χ4v) is 2.36. The van der Waals surface area contributed by atoms with Crippen LogP contribution >= 0.6 is 0 Å². The van der Waals surface area contributed by atoms with Crippen molar-refractivity contribution in [3.05, 3.63) is 29.8 Å². The minimum atomic E-state index is -0.391. The molecule has 1 aliphatic carbocycles. The molecule has 0 radical (unpaired) electrons. The fraction of sp³-hybridized carbons (Fsp3) is 0.467. The van der Waals surface area contributed by atoms with Crippen molar-refractivity contribution in [2.75, 3.05) is 18.4 Å². The molecule has 0 atom stereocenters. The van der Waals surface area contributed by atoms with Gasteiger partial charge in [0.15, 0.2) is 0 Å². The Hall–Kier alpha value is -1.88. The summed E-state index contributed by atoms with van der Waals surface area (Å²) in [5.74, 6) is -0.125. The molecule has 2 amide bonds. The van der Waals surface area contributed by atoms with Crippen molar-refractivity contribution in [2.24, 2.45) is 11.1 Å². The molecule has 0 unspecified atom stereocenters. The number of rotatable bonds is 5. The first-order chi connectivity index (χ1) is 9.61. The third kappa shape index (κ3) is 2.82. The number of amides is 2. The number of hydrogen-bond acceptors (Lipinski definition) is 3. The van der Waals surface area contributed by atoms with E-state index in [1.54, 1.807) is 24.3 Å². The molecule has 1 fully saturated rings. The van der Waals surface area contributed by atoms with Crippen molar-refractivity contribution < 1.29 is 9.59 Å². The molecular formula is C15H21N3O2. The number of carbonyl (C=O) groups is 2. The number of carbonyl (C=O) groups excluding carboxylic acids is 2. The van der Waals surface area contributed by atoms with Crippen LogP contribution in [0.4, 0.5) is 5.69 Å². The van der Waals surface area contributed by atoms with Crippen LogP contribution in [-0.2, 0) is 4.79 Å². The van der Waals surface area contributed by atoms with E-state index in [2.05, 4.69) is 10.6 Å². The lowest BCUT2D eigenvalue weighted by Crippen LogP contribution is -2.47. The first-order valence-electron chi connectivity index (χ1n) is 7.01. The molecule has 2 rings (SSSR count). The molecule has 0 bridgehead atoms. The molecule has 4 N–H and O–H groups in total. The molecule has 0 heterocycles. The van der Waals surface area contributed by atoms with Crippen molar-refractivity contribution >= 4 is 17.5 Å². The van der Waals surface area contributed by atoms with Gasteiger partial charge in [-0.3, -0.25) is 9.59 Å². The van der Waals surface area contributed by atoms with Crippen LogP contribution in [-0.4, -0.2) is 24.9 Å². The lowest BCUT2D eigenvalue weighted by Gasteiger charge is -2.39. The Morgan fingerprint density at radius 2 is 1.90 bits per heavy atom. The topological polar surface area (TPSA) is 84.2 Å². The van der Waals surface area contributed by atoms with E-state index >= 15 is 0 Å². The predicted molar refractivity (Wildman–Crippen MR) is 78.4 cm³/mol. The Kier molecular flexibility index (Phi) is 4.39. The summed E-state index contributed by atoms with van der Waals surface area (Å²) < 4.78 is 0. The van der Waals surface area contributed by atoms with Gasteiger partial charge < -0.3 is 16.4 Å². The van der Waals surface area contributed by atoms with Crippen LogP contribution in [0.3, 0.4) is 0 Å². The summed E-state index contributed by atoms with van der Waals surface area (Å²) in [4.78, 5) is 23.8. The maximum Gasteiger partial charge on any atom is 0.251 e. The van der Waals surface area contributed by atoms with Gasteiger partial charge in [0.25, 0.3) is 5.91 Å². The highest BCUT2D eigenvalue weighted by atomic mass is 16.2. The Balaban J connectivity index is 2.00. The SMILES string of the molecule is CCNC(=O)c1ccc(NC(=O)C2(CN)CCC2)cc1. The summed E-state index contributed by atoms with van der Waals surface area (Å²) in [6, 6.07) is 6.89. The zero-order valence-electron chi connectivity index (χ0n) is 11.7. The first-order valence-corrected chi connectivity index (χ1v) is 7.01. The second-order valence-corrected chi connectivity index (χ2v) is 5.23. The van der Waals surface area contributed by atoms with E-state index in [1.807, 2.05) is 6.92 Å². The smallest absolute Gasteiger partial charge is 0.251 e. The van der Waals surface area contributed by atoms with Crippen molar-refractivity contribution in [1.29, 1.82) is 0 Å². The standard InChI is InChI=1S/C15H21N3O2/c1-2-17-13(19)11-4-6-12(7-5-11)18-14(20)15(10-16)8-3-9-15/h4-7H,2-3,8-10,16H2,1H3,(H,17,19)(H,18,20). The maximum absolute atomic E-state index is 12.2. The fourth-order valence-electron chi connectivity index (χ4n) is 2.36. The monoisotopic (exact) mass is 275 g/mol. The molecule has 20 heavy (non-hydrogen) atoms. The zero-order chi connectivity index (χ0) is 14.6. The molecule has 1 aromatic rings. The van der Waals surface area contributed by atoms with E-state index in [0.717, 1.165) is 19.3 Å². The van der Waals surface area contributed by atoms with Gasteiger partial charge in [0.2, 0.25) is 5.91 Å². The summed E-state index contributed by atoms with van der Waals surface area (Å²) in [6.07, 6.45) is 2.76. The summed E-state index contributed by atoms with van der Waals surface area (Å²) >= 11 is 0. The Morgan fingerprint density at radius 3 is 2.35 bits per heavy atom. The zero-order valence-corrected chi connectivity index (χ0v) is 11.7. The van der Waals surface area contributed by atoms with E-state index in [1.165, 1.54) is 0 Å². The minimum absolute atomic E-state index is 0.0167. The Labute approximate surface area is 118 Å². The van der Waals surface area contributed by atoms with Crippen molar-refractivity contribution in [3.63, 3.8) is 0 Å². The number of benzene rings is 1. The molecular weight excluding hydrogens is 254 g/mol. The maximum atomic E-state index is 12.2. The highest BCUT2D eigenvalue weighted by Gasteiger charge is 2.42. The lowest BCUT2D eigenvalue weighted by atomic mass is 9.68. The van der Waals surface area contributed by atoms with Crippen LogP contribution in [0.25, 0.3) is 0 Å². The van der Waals surface area contributed by atoms with Crippen LogP contribution in [0.15, 0.2) is 24.3 Å². The summed E-state index contributed by atoms with van der Waals surface area (Å²) in [6.45, 7) is 2.85. The third-order valence-corrected chi connectivity index (χ3v) is 3.93. The van der Waals surface area contributed by atoms with E-state index in [9.17, 15) is 9.59 Å². The highest BCUT2D eigenvalue weighted by molar-refractivity contribution is 5.97. The van der Waals surface area contributed by atoms with Crippen LogP contribution in [0.5, 0.6) is 0 Å². The van der Waals surface area contributed by atoms with Gasteiger partial charge in [-0.25, -0.2) is 0 Å². The molecule has 0 aliphatic heterocycles. The van der Waals surface area contributed by atoms with E-state index < -0.39 is 5.41 Å². The molecule has 0 saturated heterocycles. The highest BCUT2D eigenvalue weighted by Crippen LogP contribution is 2.40. The quantitative estimate of drug-likeness (QED) is 0.761. The van der Waals surface area contributed by atoms with Crippen molar-refractivity contribution in [2.45, 2.75) is 26.2 Å². The van der Waals surface area contributed by atoms with Gasteiger partial charge in [-0.05, 0) is 44.0 Å². The van der Waals surface area contributed by atoms with Gasteiger partial charge in [-0.2, -0.15) is 0 Å². The minimum Gasteiger partial charge on any atom is -0.352 e. The predicted octanol–water partition coefficient (Wildman–Crippen LogP) is 1.50. The first kappa shape index (κ1) is 14.5. The number of nitrogens with one attached hydrogen (secondary N) is 2. The van der Waals surface area contributed by atoms with Crippen LogP contribution in [0, 0.1) is 5.41 Å². The molecule has 5 nitrogen and oxygen atoms in total. The van der Waals surface area contributed by atoms with Gasteiger partial charge >= 0.3 is 0 Å². The molecule has 1 aromatic carbocycles. The van der Waals surface area contributed by atoms with Crippen molar-refractivity contribution in [1.82, 2.24) is 5.32 Å².